The normalized spacial score (nSPS) is 11.5. The molecule has 0 amide bonds. The second-order valence-corrected chi connectivity index (χ2v) is 3.67. The van der Waals surface area contributed by atoms with E-state index < -0.39 is 0 Å². The van der Waals surface area contributed by atoms with Gasteiger partial charge >= 0.3 is 0 Å². The summed E-state index contributed by atoms with van der Waals surface area (Å²) in [5.74, 6) is 0. The van der Waals surface area contributed by atoms with Gasteiger partial charge in [0.05, 0.1) is 0 Å². The second kappa shape index (κ2) is 5.33. The minimum absolute atomic E-state index is 0.232. The Morgan fingerprint density at radius 1 is 1.27 bits per heavy atom. The Morgan fingerprint density at radius 2 is 1.91 bits per heavy atom. The maximum absolute atomic E-state index is 3.62. The summed E-state index contributed by atoms with van der Waals surface area (Å²) in [5, 5.41) is 6.61. The fourth-order valence-corrected chi connectivity index (χ4v) is 0.730. The van der Waals surface area contributed by atoms with Crippen molar-refractivity contribution >= 4 is 0 Å². The molecular weight excluding hydrogens is 136 g/mol. The van der Waals surface area contributed by atoms with Gasteiger partial charge in [-0.2, -0.15) is 0 Å². The Kier molecular flexibility index (Phi) is 5.16. The fraction of sp³-hybridized carbons (Fsp3) is 0.778. The highest BCUT2D eigenvalue weighted by Crippen LogP contribution is 1.95. The molecule has 0 heterocycles. The Balaban J connectivity index is 3.08. The summed E-state index contributed by atoms with van der Waals surface area (Å²) in [6.45, 7) is 13.0. The molecule has 0 aliphatic heterocycles. The highest BCUT2D eigenvalue weighted by atomic mass is 15.0. The van der Waals surface area contributed by atoms with Crippen LogP contribution in [0.4, 0.5) is 0 Å². The van der Waals surface area contributed by atoms with Crippen molar-refractivity contribution < 1.29 is 0 Å². The molecule has 0 spiro atoms. The molecule has 2 heteroatoms. The van der Waals surface area contributed by atoms with Gasteiger partial charge < -0.3 is 10.6 Å². The predicted molar refractivity (Wildman–Crippen MR) is 50.8 cm³/mol. The number of hydrogen-bond acceptors (Lipinski definition) is 2. The summed E-state index contributed by atoms with van der Waals surface area (Å²) in [6, 6.07) is 0. The molecule has 2 N–H and O–H groups in total. The van der Waals surface area contributed by atoms with E-state index in [9.17, 15) is 0 Å². The van der Waals surface area contributed by atoms with Crippen LogP contribution in [-0.4, -0.2) is 25.2 Å². The van der Waals surface area contributed by atoms with Crippen molar-refractivity contribution in [3.05, 3.63) is 12.7 Å². The summed E-state index contributed by atoms with van der Waals surface area (Å²) >= 11 is 0. The highest BCUT2D eigenvalue weighted by molar-refractivity contribution is 4.73. The lowest BCUT2D eigenvalue weighted by Crippen LogP contribution is -2.40. The first-order valence-corrected chi connectivity index (χ1v) is 4.13. The smallest absolute Gasteiger partial charge is 0.0132 e. The van der Waals surface area contributed by atoms with Gasteiger partial charge in [-0.15, -0.1) is 6.58 Å². The molecule has 0 bridgehead atoms. The quantitative estimate of drug-likeness (QED) is 0.461. The van der Waals surface area contributed by atoms with E-state index in [0.717, 1.165) is 19.6 Å². The topological polar surface area (TPSA) is 24.1 Å². The third-order valence-electron chi connectivity index (χ3n) is 1.25. The van der Waals surface area contributed by atoms with E-state index in [4.69, 9.17) is 0 Å². The zero-order valence-corrected chi connectivity index (χ0v) is 7.91. The summed E-state index contributed by atoms with van der Waals surface area (Å²) < 4.78 is 0. The van der Waals surface area contributed by atoms with Gasteiger partial charge in [0.2, 0.25) is 0 Å². The van der Waals surface area contributed by atoms with Crippen molar-refractivity contribution in [2.45, 2.75) is 26.3 Å². The van der Waals surface area contributed by atoms with Crippen LogP contribution in [0.15, 0.2) is 12.7 Å². The third-order valence-corrected chi connectivity index (χ3v) is 1.25. The van der Waals surface area contributed by atoms with Gasteiger partial charge in [-0.05, 0) is 20.8 Å². The summed E-state index contributed by atoms with van der Waals surface area (Å²) in [4.78, 5) is 0. The molecule has 11 heavy (non-hydrogen) atoms. The van der Waals surface area contributed by atoms with Crippen molar-refractivity contribution in [2.24, 2.45) is 0 Å². The lowest BCUT2D eigenvalue weighted by Gasteiger charge is -2.20. The van der Waals surface area contributed by atoms with Crippen molar-refractivity contribution in [3.63, 3.8) is 0 Å². The van der Waals surface area contributed by atoms with Crippen molar-refractivity contribution in [1.82, 2.24) is 10.6 Å². The van der Waals surface area contributed by atoms with Gasteiger partial charge in [-0.3, -0.25) is 0 Å². The van der Waals surface area contributed by atoms with E-state index in [0.29, 0.717) is 0 Å². The van der Waals surface area contributed by atoms with E-state index in [-0.39, 0.29) is 5.54 Å². The predicted octanol–water partition coefficient (Wildman–Crippen LogP) is 1.15. The molecule has 0 unspecified atom stereocenters. The SMILES string of the molecule is C=CCNCCNC(C)(C)C. The third kappa shape index (κ3) is 9.66. The summed E-state index contributed by atoms with van der Waals surface area (Å²) in [5.41, 5.74) is 0.232. The van der Waals surface area contributed by atoms with E-state index in [1.165, 1.54) is 0 Å². The van der Waals surface area contributed by atoms with Crippen LogP contribution in [-0.2, 0) is 0 Å². The number of hydrogen-bond donors (Lipinski definition) is 2. The molecule has 0 aliphatic rings. The highest BCUT2D eigenvalue weighted by Gasteiger charge is 2.06. The number of rotatable bonds is 5. The summed E-state index contributed by atoms with van der Waals surface area (Å²) in [6.07, 6.45) is 1.87. The zero-order valence-electron chi connectivity index (χ0n) is 7.91. The molecule has 0 saturated carbocycles. The lowest BCUT2D eigenvalue weighted by atomic mass is 10.1. The first kappa shape index (κ1) is 10.7. The molecule has 0 rings (SSSR count). The molecule has 0 aliphatic carbocycles. The maximum atomic E-state index is 3.62. The van der Waals surface area contributed by atoms with Gasteiger partial charge in [0, 0.05) is 25.2 Å². The Bertz CT molecular complexity index is 103. The van der Waals surface area contributed by atoms with E-state index in [2.05, 4.69) is 38.0 Å². The average molecular weight is 156 g/mol. The Labute approximate surface area is 70.1 Å². The van der Waals surface area contributed by atoms with E-state index >= 15 is 0 Å². The standard InChI is InChI=1S/C9H20N2/c1-5-6-10-7-8-11-9(2,3)4/h5,10-11H,1,6-8H2,2-4H3. The van der Waals surface area contributed by atoms with Crippen LogP contribution in [0, 0.1) is 0 Å². The van der Waals surface area contributed by atoms with E-state index in [1.54, 1.807) is 0 Å². The molecule has 0 radical (unpaired) electrons. The van der Waals surface area contributed by atoms with Crippen LogP contribution < -0.4 is 10.6 Å². The monoisotopic (exact) mass is 156 g/mol. The van der Waals surface area contributed by atoms with Crippen molar-refractivity contribution in [2.75, 3.05) is 19.6 Å². The molecule has 0 aromatic rings. The molecule has 2 nitrogen and oxygen atoms in total. The first-order valence-electron chi connectivity index (χ1n) is 4.13. The van der Waals surface area contributed by atoms with Crippen LogP contribution in [0.3, 0.4) is 0 Å². The lowest BCUT2D eigenvalue weighted by molar-refractivity contribution is 0.424. The van der Waals surface area contributed by atoms with Crippen LogP contribution in [0.2, 0.25) is 0 Å². The Morgan fingerprint density at radius 3 is 2.36 bits per heavy atom. The minimum Gasteiger partial charge on any atom is -0.312 e. The summed E-state index contributed by atoms with van der Waals surface area (Å²) in [7, 11) is 0. The average Bonchev–Trinajstić information content (AvgIpc) is 1.85. The maximum Gasteiger partial charge on any atom is 0.0132 e. The second-order valence-electron chi connectivity index (χ2n) is 3.67. The van der Waals surface area contributed by atoms with E-state index in [1.807, 2.05) is 6.08 Å². The number of nitrogens with one attached hydrogen (secondary N) is 2. The Hall–Kier alpha value is -0.340. The molecule has 0 aromatic heterocycles. The van der Waals surface area contributed by atoms with Crippen LogP contribution in [0.1, 0.15) is 20.8 Å². The van der Waals surface area contributed by atoms with Gasteiger partial charge in [0.15, 0.2) is 0 Å². The van der Waals surface area contributed by atoms with Crippen LogP contribution >= 0.6 is 0 Å². The van der Waals surface area contributed by atoms with Gasteiger partial charge in [-0.25, -0.2) is 0 Å². The fourth-order valence-electron chi connectivity index (χ4n) is 0.730. The van der Waals surface area contributed by atoms with Crippen molar-refractivity contribution in [3.8, 4) is 0 Å². The van der Waals surface area contributed by atoms with Gasteiger partial charge in [-0.1, -0.05) is 6.08 Å². The minimum atomic E-state index is 0.232. The molecular formula is C9H20N2. The largest absolute Gasteiger partial charge is 0.312 e. The van der Waals surface area contributed by atoms with Gasteiger partial charge in [0.25, 0.3) is 0 Å². The van der Waals surface area contributed by atoms with Crippen molar-refractivity contribution in [1.29, 1.82) is 0 Å². The van der Waals surface area contributed by atoms with Crippen LogP contribution in [0.5, 0.6) is 0 Å². The molecule has 0 aromatic carbocycles. The first-order chi connectivity index (χ1) is 5.06. The molecule has 0 fully saturated rings. The zero-order chi connectivity index (χ0) is 8.74. The molecule has 0 saturated heterocycles. The van der Waals surface area contributed by atoms with Gasteiger partial charge in [0.1, 0.15) is 0 Å². The van der Waals surface area contributed by atoms with Crippen LogP contribution in [0.25, 0.3) is 0 Å². The molecule has 0 atom stereocenters. The molecule has 66 valence electrons.